The third-order valence-corrected chi connectivity index (χ3v) is 4.55. The SMILES string of the molecule is O=C(C=Cc1ccc(Cl)cc1Cl)Nc1ccc(N2CCCC2)cc1. The minimum absolute atomic E-state index is 0.199. The van der Waals surface area contributed by atoms with E-state index in [2.05, 4.69) is 10.2 Å². The Bertz CT molecular complexity index is 750. The fraction of sp³-hybridized carbons (Fsp3) is 0.211. The van der Waals surface area contributed by atoms with Crippen LogP contribution in [0.3, 0.4) is 0 Å². The number of hydrogen-bond acceptors (Lipinski definition) is 2. The molecule has 0 unspecified atom stereocenters. The van der Waals surface area contributed by atoms with Crippen LogP contribution in [0.2, 0.25) is 10.0 Å². The molecule has 0 aliphatic carbocycles. The van der Waals surface area contributed by atoms with Gasteiger partial charge in [-0.1, -0.05) is 29.3 Å². The molecule has 0 radical (unpaired) electrons. The zero-order valence-electron chi connectivity index (χ0n) is 13.1. The molecule has 3 nitrogen and oxygen atoms in total. The normalized spacial score (nSPS) is 14.3. The van der Waals surface area contributed by atoms with Gasteiger partial charge in [-0.15, -0.1) is 0 Å². The minimum Gasteiger partial charge on any atom is -0.372 e. The van der Waals surface area contributed by atoms with Crippen molar-refractivity contribution in [2.75, 3.05) is 23.3 Å². The molecule has 1 aliphatic heterocycles. The van der Waals surface area contributed by atoms with Crippen molar-refractivity contribution >= 4 is 46.6 Å². The minimum atomic E-state index is -0.199. The van der Waals surface area contributed by atoms with E-state index in [0.29, 0.717) is 10.0 Å². The number of nitrogens with one attached hydrogen (secondary N) is 1. The summed E-state index contributed by atoms with van der Waals surface area (Å²) in [5.74, 6) is -0.199. The van der Waals surface area contributed by atoms with Gasteiger partial charge in [0.05, 0.1) is 0 Å². The molecule has 0 aromatic heterocycles. The van der Waals surface area contributed by atoms with Gasteiger partial charge in [0.1, 0.15) is 0 Å². The van der Waals surface area contributed by atoms with Crippen LogP contribution in [0.1, 0.15) is 18.4 Å². The number of carbonyl (C=O) groups excluding carboxylic acids is 1. The Hall–Kier alpha value is -1.97. The van der Waals surface area contributed by atoms with E-state index in [-0.39, 0.29) is 5.91 Å². The Labute approximate surface area is 151 Å². The standard InChI is InChI=1S/C19H18Cl2N2O/c20-15-5-3-14(18(21)13-15)4-10-19(24)22-16-6-8-17(9-7-16)23-11-1-2-12-23/h3-10,13H,1-2,11-12H2,(H,22,24). The van der Waals surface area contributed by atoms with Crippen LogP contribution in [0.25, 0.3) is 6.08 Å². The molecule has 24 heavy (non-hydrogen) atoms. The first-order valence-corrected chi connectivity index (χ1v) is 8.66. The van der Waals surface area contributed by atoms with Crippen LogP contribution in [-0.2, 0) is 4.79 Å². The molecule has 0 bridgehead atoms. The molecule has 1 heterocycles. The maximum absolute atomic E-state index is 12.0. The summed E-state index contributed by atoms with van der Waals surface area (Å²) in [7, 11) is 0. The molecule has 0 saturated carbocycles. The molecule has 0 atom stereocenters. The third-order valence-electron chi connectivity index (χ3n) is 3.98. The lowest BCUT2D eigenvalue weighted by atomic mass is 10.2. The van der Waals surface area contributed by atoms with Gasteiger partial charge in [0.25, 0.3) is 0 Å². The van der Waals surface area contributed by atoms with Crippen LogP contribution < -0.4 is 10.2 Å². The van der Waals surface area contributed by atoms with Crippen LogP contribution in [0, 0.1) is 0 Å². The quantitative estimate of drug-likeness (QED) is 0.755. The van der Waals surface area contributed by atoms with Gasteiger partial charge < -0.3 is 10.2 Å². The summed E-state index contributed by atoms with van der Waals surface area (Å²) in [6, 6.07) is 13.1. The van der Waals surface area contributed by atoms with Crippen molar-refractivity contribution in [3.05, 3.63) is 64.1 Å². The average Bonchev–Trinajstić information content (AvgIpc) is 3.09. The molecule has 1 fully saturated rings. The lowest BCUT2D eigenvalue weighted by Crippen LogP contribution is -2.17. The second-order valence-electron chi connectivity index (χ2n) is 5.73. The van der Waals surface area contributed by atoms with E-state index in [1.807, 2.05) is 24.3 Å². The second-order valence-corrected chi connectivity index (χ2v) is 6.57. The zero-order valence-corrected chi connectivity index (χ0v) is 14.6. The summed E-state index contributed by atoms with van der Waals surface area (Å²) < 4.78 is 0. The predicted octanol–water partition coefficient (Wildman–Crippen LogP) is 5.25. The molecule has 1 aliphatic rings. The number of benzene rings is 2. The van der Waals surface area contributed by atoms with E-state index in [1.54, 1.807) is 24.3 Å². The fourth-order valence-corrected chi connectivity index (χ4v) is 3.19. The Morgan fingerprint density at radius 1 is 1.04 bits per heavy atom. The van der Waals surface area contributed by atoms with E-state index in [1.165, 1.54) is 24.6 Å². The van der Waals surface area contributed by atoms with Crippen LogP contribution in [0.15, 0.2) is 48.5 Å². The van der Waals surface area contributed by atoms with Crippen LogP contribution >= 0.6 is 23.2 Å². The summed E-state index contributed by atoms with van der Waals surface area (Å²) in [5, 5.41) is 3.93. The van der Waals surface area contributed by atoms with Gasteiger partial charge in [0, 0.05) is 40.6 Å². The average molecular weight is 361 g/mol. The summed E-state index contributed by atoms with van der Waals surface area (Å²) in [6.45, 7) is 2.21. The Kier molecular flexibility index (Phi) is 5.44. The highest BCUT2D eigenvalue weighted by Crippen LogP contribution is 2.23. The van der Waals surface area contributed by atoms with E-state index in [0.717, 1.165) is 24.3 Å². The van der Waals surface area contributed by atoms with Crippen LogP contribution in [-0.4, -0.2) is 19.0 Å². The summed E-state index contributed by atoms with van der Waals surface area (Å²) >= 11 is 11.9. The van der Waals surface area contributed by atoms with Gasteiger partial charge >= 0.3 is 0 Å². The lowest BCUT2D eigenvalue weighted by molar-refractivity contribution is -0.111. The van der Waals surface area contributed by atoms with E-state index in [9.17, 15) is 4.79 Å². The molecule has 3 rings (SSSR count). The van der Waals surface area contributed by atoms with Crippen molar-refractivity contribution in [2.45, 2.75) is 12.8 Å². The predicted molar refractivity (Wildman–Crippen MR) is 102 cm³/mol. The lowest BCUT2D eigenvalue weighted by Gasteiger charge is -2.17. The Morgan fingerprint density at radius 2 is 1.75 bits per heavy atom. The molecule has 5 heteroatoms. The first-order chi connectivity index (χ1) is 11.6. The van der Waals surface area contributed by atoms with Crippen molar-refractivity contribution in [1.82, 2.24) is 0 Å². The van der Waals surface area contributed by atoms with Crippen molar-refractivity contribution in [2.24, 2.45) is 0 Å². The summed E-state index contributed by atoms with van der Waals surface area (Å²) in [5.41, 5.74) is 2.73. The highest BCUT2D eigenvalue weighted by molar-refractivity contribution is 6.35. The number of halogens is 2. The largest absolute Gasteiger partial charge is 0.372 e. The molecule has 1 N–H and O–H groups in total. The maximum Gasteiger partial charge on any atom is 0.248 e. The van der Waals surface area contributed by atoms with Crippen molar-refractivity contribution in [3.8, 4) is 0 Å². The third kappa shape index (κ3) is 4.31. The molecule has 1 amide bonds. The van der Waals surface area contributed by atoms with Gasteiger partial charge in [0.2, 0.25) is 5.91 Å². The number of hydrogen-bond donors (Lipinski definition) is 1. The molecule has 124 valence electrons. The number of rotatable bonds is 4. The smallest absolute Gasteiger partial charge is 0.248 e. The molecule has 2 aromatic carbocycles. The summed E-state index contributed by atoms with van der Waals surface area (Å²) in [4.78, 5) is 14.4. The van der Waals surface area contributed by atoms with Crippen molar-refractivity contribution in [3.63, 3.8) is 0 Å². The maximum atomic E-state index is 12.0. The van der Waals surface area contributed by atoms with Gasteiger partial charge in [-0.25, -0.2) is 0 Å². The van der Waals surface area contributed by atoms with E-state index < -0.39 is 0 Å². The van der Waals surface area contributed by atoms with E-state index in [4.69, 9.17) is 23.2 Å². The second kappa shape index (κ2) is 7.73. The number of amides is 1. The summed E-state index contributed by atoms with van der Waals surface area (Å²) in [6.07, 6.45) is 5.63. The first-order valence-electron chi connectivity index (χ1n) is 7.91. The molecule has 1 saturated heterocycles. The Morgan fingerprint density at radius 3 is 2.42 bits per heavy atom. The monoisotopic (exact) mass is 360 g/mol. The molecule has 0 spiro atoms. The Balaban J connectivity index is 1.60. The van der Waals surface area contributed by atoms with Gasteiger partial charge in [0.15, 0.2) is 0 Å². The van der Waals surface area contributed by atoms with Gasteiger partial charge in [-0.05, 0) is 60.9 Å². The highest BCUT2D eigenvalue weighted by atomic mass is 35.5. The van der Waals surface area contributed by atoms with Crippen molar-refractivity contribution in [1.29, 1.82) is 0 Å². The molecular weight excluding hydrogens is 343 g/mol. The van der Waals surface area contributed by atoms with Crippen LogP contribution in [0.5, 0.6) is 0 Å². The fourth-order valence-electron chi connectivity index (χ4n) is 2.72. The van der Waals surface area contributed by atoms with Crippen LogP contribution in [0.4, 0.5) is 11.4 Å². The van der Waals surface area contributed by atoms with Gasteiger partial charge in [-0.3, -0.25) is 4.79 Å². The molecule has 2 aromatic rings. The number of nitrogens with zero attached hydrogens (tertiary/aromatic N) is 1. The van der Waals surface area contributed by atoms with E-state index >= 15 is 0 Å². The number of anilines is 2. The number of carbonyl (C=O) groups is 1. The highest BCUT2D eigenvalue weighted by Gasteiger charge is 2.11. The topological polar surface area (TPSA) is 32.3 Å². The van der Waals surface area contributed by atoms with Crippen molar-refractivity contribution < 1.29 is 4.79 Å². The van der Waals surface area contributed by atoms with Gasteiger partial charge in [-0.2, -0.15) is 0 Å². The molecular formula is C19H18Cl2N2O. The zero-order chi connectivity index (χ0) is 16.9. The first kappa shape index (κ1) is 16.9.